The molecule has 0 saturated carbocycles. The fourth-order valence-corrected chi connectivity index (χ4v) is 4.83. The largest absolute Gasteiger partial charge is 0.497 e. The minimum absolute atomic E-state index is 0.111. The molecule has 0 aliphatic rings. The van der Waals surface area contributed by atoms with Gasteiger partial charge in [0.05, 0.1) is 7.11 Å². The normalized spacial score (nSPS) is 11.5. The van der Waals surface area contributed by atoms with Crippen LogP contribution in [0.25, 0.3) is 0 Å². The summed E-state index contributed by atoms with van der Waals surface area (Å²) in [5, 5.41) is 14.9. The number of nitrogens with zero attached hydrogens (tertiary/aromatic N) is 2. The van der Waals surface area contributed by atoms with Crippen molar-refractivity contribution in [3.8, 4) is 5.75 Å². The van der Waals surface area contributed by atoms with E-state index in [2.05, 4.69) is 20.8 Å². The van der Waals surface area contributed by atoms with Crippen molar-refractivity contribution >= 4 is 45.5 Å². The Balaban J connectivity index is 1.51. The second-order valence-electron chi connectivity index (χ2n) is 6.49. The highest BCUT2D eigenvalue weighted by molar-refractivity contribution is 8.02. The molecule has 0 aliphatic carbocycles. The molecule has 1 unspecified atom stereocenters. The minimum atomic E-state index is -0.459. The quantitative estimate of drug-likeness (QED) is 0.334. The van der Waals surface area contributed by atoms with Gasteiger partial charge in [-0.25, -0.2) is 0 Å². The summed E-state index contributed by atoms with van der Waals surface area (Å²) >= 11 is 2.77. The van der Waals surface area contributed by atoms with Crippen LogP contribution in [0.3, 0.4) is 0 Å². The third kappa shape index (κ3) is 5.62. The van der Waals surface area contributed by atoms with E-state index in [0.29, 0.717) is 9.47 Å². The molecule has 0 aliphatic heterocycles. The molecule has 4 rings (SSSR count). The number of thioether (sulfide) groups is 1. The highest BCUT2D eigenvalue weighted by atomic mass is 32.2. The van der Waals surface area contributed by atoms with Gasteiger partial charge in [0, 0.05) is 17.4 Å². The van der Waals surface area contributed by atoms with E-state index in [1.807, 2.05) is 84.9 Å². The second kappa shape index (κ2) is 10.1. The first-order valence-corrected chi connectivity index (χ1v) is 11.2. The van der Waals surface area contributed by atoms with E-state index in [-0.39, 0.29) is 5.91 Å². The fourth-order valence-electron chi connectivity index (χ4n) is 2.86. The van der Waals surface area contributed by atoms with Crippen molar-refractivity contribution in [2.45, 2.75) is 9.59 Å². The van der Waals surface area contributed by atoms with Gasteiger partial charge in [0.1, 0.15) is 11.0 Å². The zero-order valence-electron chi connectivity index (χ0n) is 16.7. The number of aromatic nitrogens is 2. The Morgan fingerprint density at radius 1 is 0.935 bits per heavy atom. The smallest absolute Gasteiger partial charge is 0.242 e. The molecule has 1 aromatic heterocycles. The molecule has 6 nitrogen and oxygen atoms in total. The maximum Gasteiger partial charge on any atom is 0.242 e. The maximum absolute atomic E-state index is 13.1. The first-order valence-electron chi connectivity index (χ1n) is 9.53. The number of hydrogen-bond acceptors (Lipinski definition) is 7. The number of amides is 1. The Morgan fingerprint density at radius 2 is 1.65 bits per heavy atom. The van der Waals surface area contributed by atoms with Gasteiger partial charge in [0.25, 0.3) is 0 Å². The van der Waals surface area contributed by atoms with E-state index in [9.17, 15) is 4.79 Å². The number of ether oxygens (including phenoxy) is 1. The summed E-state index contributed by atoms with van der Waals surface area (Å²) in [5.74, 6) is 0.644. The summed E-state index contributed by atoms with van der Waals surface area (Å²) in [7, 11) is 1.63. The third-order valence-corrected chi connectivity index (χ3v) is 6.51. The molecular weight excluding hydrogens is 428 g/mol. The SMILES string of the molecule is COc1cccc(Nc2nnc(SC(C(=O)Nc3ccccc3)c3ccccc3)s2)c1. The summed E-state index contributed by atoms with van der Waals surface area (Å²) < 4.78 is 5.95. The number of benzene rings is 3. The number of methoxy groups -OCH3 is 1. The minimum Gasteiger partial charge on any atom is -0.497 e. The van der Waals surface area contributed by atoms with Crippen molar-refractivity contribution in [3.05, 3.63) is 90.5 Å². The van der Waals surface area contributed by atoms with Crippen LogP contribution in [0.5, 0.6) is 5.75 Å². The van der Waals surface area contributed by atoms with Crippen LogP contribution in [0.4, 0.5) is 16.5 Å². The summed E-state index contributed by atoms with van der Waals surface area (Å²) in [4.78, 5) is 13.1. The van der Waals surface area contributed by atoms with Crippen molar-refractivity contribution in [2.24, 2.45) is 0 Å². The topological polar surface area (TPSA) is 76.1 Å². The van der Waals surface area contributed by atoms with Gasteiger partial charge in [-0.15, -0.1) is 10.2 Å². The monoisotopic (exact) mass is 448 g/mol. The van der Waals surface area contributed by atoms with Crippen LogP contribution in [0.15, 0.2) is 89.3 Å². The zero-order chi connectivity index (χ0) is 21.5. The Hall–Kier alpha value is -3.36. The van der Waals surface area contributed by atoms with Gasteiger partial charge >= 0.3 is 0 Å². The molecule has 31 heavy (non-hydrogen) atoms. The first kappa shape index (κ1) is 20.9. The van der Waals surface area contributed by atoms with Crippen molar-refractivity contribution in [3.63, 3.8) is 0 Å². The van der Waals surface area contributed by atoms with Gasteiger partial charge in [0.2, 0.25) is 11.0 Å². The second-order valence-corrected chi connectivity index (χ2v) is 8.82. The van der Waals surface area contributed by atoms with E-state index in [4.69, 9.17) is 4.74 Å². The molecule has 156 valence electrons. The molecule has 1 amide bonds. The van der Waals surface area contributed by atoms with Crippen molar-refractivity contribution in [1.82, 2.24) is 10.2 Å². The van der Waals surface area contributed by atoms with E-state index in [0.717, 1.165) is 22.7 Å². The van der Waals surface area contributed by atoms with Crippen LogP contribution in [0.2, 0.25) is 0 Å². The molecule has 1 atom stereocenters. The Labute approximate surface area is 188 Å². The molecule has 0 fully saturated rings. The third-order valence-electron chi connectivity index (χ3n) is 4.33. The number of para-hydroxylation sites is 1. The van der Waals surface area contributed by atoms with Gasteiger partial charge in [0.15, 0.2) is 4.34 Å². The van der Waals surface area contributed by atoms with Gasteiger partial charge in [-0.2, -0.15) is 0 Å². The van der Waals surface area contributed by atoms with Crippen LogP contribution >= 0.6 is 23.1 Å². The Morgan fingerprint density at radius 3 is 2.39 bits per heavy atom. The van der Waals surface area contributed by atoms with E-state index in [1.165, 1.54) is 23.1 Å². The molecule has 0 spiro atoms. The van der Waals surface area contributed by atoms with Crippen LogP contribution in [-0.2, 0) is 4.79 Å². The average molecular weight is 449 g/mol. The molecule has 0 radical (unpaired) electrons. The lowest BCUT2D eigenvalue weighted by Crippen LogP contribution is -2.18. The van der Waals surface area contributed by atoms with Crippen molar-refractivity contribution in [1.29, 1.82) is 0 Å². The summed E-state index contributed by atoms with van der Waals surface area (Å²) in [6, 6.07) is 26.7. The van der Waals surface area contributed by atoms with Crippen LogP contribution < -0.4 is 15.4 Å². The number of hydrogen-bond donors (Lipinski definition) is 2. The van der Waals surface area contributed by atoms with Gasteiger partial charge < -0.3 is 15.4 Å². The van der Waals surface area contributed by atoms with Gasteiger partial charge in [-0.05, 0) is 29.8 Å². The van der Waals surface area contributed by atoms with Gasteiger partial charge in [-0.1, -0.05) is 77.7 Å². The highest BCUT2D eigenvalue weighted by Crippen LogP contribution is 2.39. The maximum atomic E-state index is 13.1. The van der Waals surface area contributed by atoms with Crippen molar-refractivity contribution < 1.29 is 9.53 Å². The lowest BCUT2D eigenvalue weighted by Gasteiger charge is -2.15. The summed E-state index contributed by atoms with van der Waals surface area (Å²) in [6.45, 7) is 0. The van der Waals surface area contributed by atoms with Crippen LogP contribution in [0.1, 0.15) is 10.8 Å². The Bertz CT molecular complexity index is 1140. The van der Waals surface area contributed by atoms with Crippen LogP contribution in [-0.4, -0.2) is 23.2 Å². The van der Waals surface area contributed by atoms with Crippen molar-refractivity contribution in [2.75, 3.05) is 17.7 Å². The molecule has 1 heterocycles. The Kier molecular flexibility index (Phi) is 6.81. The summed E-state index contributed by atoms with van der Waals surface area (Å²) in [6.07, 6.45) is 0. The predicted molar refractivity (Wildman–Crippen MR) is 126 cm³/mol. The number of rotatable bonds is 8. The molecular formula is C23H20N4O2S2. The average Bonchev–Trinajstić information content (AvgIpc) is 3.25. The van der Waals surface area contributed by atoms with E-state index < -0.39 is 5.25 Å². The number of nitrogens with one attached hydrogen (secondary N) is 2. The number of carbonyl (C=O) groups excluding carboxylic acids is 1. The highest BCUT2D eigenvalue weighted by Gasteiger charge is 2.24. The predicted octanol–water partition coefficient (Wildman–Crippen LogP) is 5.76. The number of carbonyl (C=O) groups is 1. The summed E-state index contributed by atoms with van der Waals surface area (Å²) in [5.41, 5.74) is 2.51. The van der Waals surface area contributed by atoms with E-state index >= 15 is 0 Å². The fraction of sp³-hybridized carbons (Fsp3) is 0.0870. The lowest BCUT2D eigenvalue weighted by atomic mass is 10.1. The first-order chi connectivity index (χ1) is 15.2. The number of anilines is 3. The van der Waals surface area contributed by atoms with E-state index in [1.54, 1.807) is 7.11 Å². The standard InChI is InChI=1S/C23H20N4O2S2/c1-29-19-14-8-13-18(15-19)25-22-26-27-23(31-22)30-20(16-9-4-2-5-10-16)21(28)24-17-11-6-3-7-12-17/h2-15,20H,1H3,(H,24,28)(H,25,26). The molecule has 3 aromatic carbocycles. The van der Waals surface area contributed by atoms with Gasteiger partial charge in [-0.3, -0.25) is 4.79 Å². The zero-order valence-corrected chi connectivity index (χ0v) is 18.3. The molecule has 8 heteroatoms. The lowest BCUT2D eigenvalue weighted by molar-refractivity contribution is -0.115. The molecule has 4 aromatic rings. The molecule has 0 saturated heterocycles. The molecule has 0 bridgehead atoms. The van der Waals surface area contributed by atoms with Crippen LogP contribution in [0, 0.1) is 0 Å². The molecule has 2 N–H and O–H groups in total.